The average molecular weight is 243 g/mol. The lowest BCUT2D eigenvalue weighted by Crippen LogP contribution is -2.36. The molecule has 1 aliphatic carbocycles. The number of amides is 1. The summed E-state index contributed by atoms with van der Waals surface area (Å²) in [6.45, 7) is 0. The number of carbonyl (C=O) groups is 1. The lowest BCUT2D eigenvalue weighted by Gasteiger charge is -2.22. The molecule has 94 valence electrons. The topological polar surface area (TPSA) is 46.4 Å². The van der Waals surface area contributed by atoms with Crippen LogP contribution in [0.2, 0.25) is 0 Å². The van der Waals surface area contributed by atoms with Crippen molar-refractivity contribution in [3.8, 4) is 0 Å². The first kappa shape index (κ1) is 11.3. The number of hydrogen-bond donors (Lipinski definition) is 1. The molecule has 0 aliphatic heterocycles. The number of pyridine rings is 1. The molecule has 1 aliphatic rings. The second-order valence-electron chi connectivity index (χ2n) is 4.92. The smallest absolute Gasteiger partial charge is 0.252 e. The molecular weight excluding hydrogens is 226 g/mol. The van der Waals surface area contributed by atoms with Crippen LogP contribution in [0.4, 0.5) is 0 Å². The summed E-state index contributed by atoms with van der Waals surface area (Å²) in [4.78, 5) is 16.3. The molecule has 2 heterocycles. The van der Waals surface area contributed by atoms with E-state index in [2.05, 4.69) is 10.3 Å². The standard InChI is InChI=1S/C14H17N3O/c18-14(16-12-4-2-1-3-5-12)11-6-7-13-15-8-9-17(13)10-11/h6-10,12H,1-5H2,(H,16,18). The molecule has 1 amide bonds. The molecule has 1 N–H and O–H groups in total. The lowest BCUT2D eigenvalue weighted by molar-refractivity contribution is 0.0927. The second kappa shape index (κ2) is 4.80. The molecule has 0 bridgehead atoms. The lowest BCUT2D eigenvalue weighted by atomic mass is 9.95. The second-order valence-corrected chi connectivity index (χ2v) is 4.92. The highest BCUT2D eigenvalue weighted by Crippen LogP contribution is 2.17. The van der Waals surface area contributed by atoms with E-state index in [1.807, 2.05) is 28.9 Å². The van der Waals surface area contributed by atoms with Gasteiger partial charge < -0.3 is 9.72 Å². The number of hydrogen-bond acceptors (Lipinski definition) is 2. The fraction of sp³-hybridized carbons (Fsp3) is 0.429. The maximum absolute atomic E-state index is 12.1. The zero-order valence-corrected chi connectivity index (χ0v) is 10.3. The van der Waals surface area contributed by atoms with Crippen molar-refractivity contribution < 1.29 is 4.79 Å². The summed E-state index contributed by atoms with van der Waals surface area (Å²) >= 11 is 0. The zero-order chi connectivity index (χ0) is 12.4. The third-order valence-corrected chi connectivity index (χ3v) is 3.59. The van der Waals surface area contributed by atoms with Gasteiger partial charge in [0.25, 0.3) is 5.91 Å². The van der Waals surface area contributed by atoms with Crippen molar-refractivity contribution in [2.45, 2.75) is 38.1 Å². The summed E-state index contributed by atoms with van der Waals surface area (Å²) in [6.07, 6.45) is 11.4. The Hall–Kier alpha value is -1.84. The summed E-state index contributed by atoms with van der Waals surface area (Å²) in [5.74, 6) is 0.0255. The van der Waals surface area contributed by atoms with Crippen molar-refractivity contribution >= 4 is 11.6 Å². The first-order chi connectivity index (χ1) is 8.83. The molecule has 18 heavy (non-hydrogen) atoms. The van der Waals surface area contributed by atoms with E-state index in [9.17, 15) is 4.79 Å². The number of rotatable bonds is 2. The Morgan fingerprint density at radius 3 is 2.94 bits per heavy atom. The van der Waals surface area contributed by atoms with Crippen molar-refractivity contribution in [3.05, 3.63) is 36.3 Å². The molecule has 2 aromatic rings. The number of imidazole rings is 1. The normalized spacial score (nSPS) is 16.9. The van der Waals surface area contributed by atoms with E-state index in [0.29, 0.717) is 11.6 Å². The van der Waals surface area contributed by atoms with Crippen molar-refractivity contribution in [1.29, 1.82) is 0 Å². The van der Waals surface area contributed by atoms with E-state index in [0.717, 1.165) is 18.5 Å². The number of nitrogens with zero attached hydrogens (tertiary/aromatic N) is 2. The third-order valence-electron chi connectivity index (χ3n) is 3.59. The van der Waals surface area contributed by atoms with Crippen molar-refractivity contribution in [2.24, 2.45) is 0 Å². The summed E-state index contributed by atoms with van der Waals surface area (Å²) in [5, 5.41) is 3.12. The van der Waals surface area contributed by atoms with Gasteiger partial charge in [0.15, 0.2) is 0 Å². The van der Waals surface area contributed by atoms with Crippen molar-refractivity contribution in [1.82, 2.24) is 14.7 Å². The molecule has 4 heteroatoms. The van der Waals surface area contributed by atoms with Crippen LogP contribution < -0.4 is 5.32 Å². The van der Waals surface area contributed by atoms with Crippen LogP contribution in [0.15, 0.2) is 30.7 Å². The van der Waals surface area contributed by atoms with Gasteiger partial charge in [0, 0.05) is 24.6 Å². The SMILES string of the molecule is O=C(NC1CCCCC1)c1ccc2nccn2c1. The summed E-state index contributed by atoms with van der Waals surface area (Å²) in [5.41, 5.74) is 1.57. The number of nitrogens with one attached hydrogen (secondary N) is 1. The maximum Gasteiger partial charge on any atom is 0.252 e. The van der Waals surface area contributed by atoms with Gasteiger partial charge >= 0.3 is 0 Å². The third kappa shape index (κ3) is 2.23. The molecule has 1 saturated carbocycles. The predicted octanol–water partition coefficient (Wildman–Crippen LogP) is 2.40. The minimum atomic E-state index is 0.0255. The van der Waals surface area contributed by atoms with E-state index in [1.165, 1.54) is 19.3 Å². The highest BCUT2D eigenvalue weighted by atomic mass is 16.1. The molecule has 0 radical (unpaired) electrons. The van der Waals surface area contributed by atoms with E-state index < -0.39 is 0 Å². The van der Waals surface area contributed by atoms with E-state index in [4.69, 9.17) is 0 Å². The minimum absolute atomic E-state index is 0.0255. The molecule has 0 atom stereocenters. The van der Waals surface area contributed by atoms with Gasteiger partial charge in [0.05, 0.1) is 5.56 Å². The van der Waals surface area contributed by atoms with Crippen LogP contribution >= 0.6 is 0 Å². The van der Waals surface area contributed by atoms with E-state index in [1.54, 1.807) is 6.20 Å². The molecule has 0 spiro atoms. The van der Waals surface area contributed by atoms with Crippen LogP contribution in [0.1, 0.15) is 42.5 Å². The monoisotopic (exact) mass is 243 g/mol. The van der Waals surface area contributed by atoms with Crippen LogP contribution in [-0.4, -0.2) is 21.3 Å². The van der Waals surface area contributed by atoms with Gasteiger partial charge in [0.2, 0.25) is 0 Å². The first-order valence-corrected chi connectivity index (χ1v) is 6.56. The molecule has 2 aromatic heterocycles. The van der Waals surface area contributed by atoms with Gasteiger partial charge in [-0.15, -0.1) is 0 Å². The van der Waals surface area contributed by atoms with Gasteiger partial charge in [-0.1, -0.05) is 19.3 Å². The number of carbonyl (C=O) groups excluding carboxylic acids is 1. The highest BCUT2D eigenvalue weighted by molar-refractivity contribution is 5.94. The minimum Gasteiger partial charge on any atom is -0.349 e. The first-order valence-electron chi connectivity index (χ1n) is 6.56. The Morgan fingerprint density at radius 1 is 1.28 bits per heavy atom. The molecule has 0 saturated heterocycles. The van der Waals surface area contributed by atoms with Crippen LogP contribution in [0, 0.1) is 0 Å². The van der Waals surface area contributed by atoms with Crippen molar-refractivity contribution in [3.63, 3.8) is 0 Å². The fourth-order valence-corrected chi connectivity index (χ4v) is 2.57. The van der Waals surface area contributed by atoms with Crippen LogP contribution in [0.25, 0.3) is 5.65 Å². The fourth-order valence-electron chi connectivity index (χ4n) is 2.57. The van der Waals surface area contributed by atoms with Gasteiger partial charge in [-0.05, 0) is 25.0 Å². The summed E-state index contributed by atoms with van der Waals surface area (Å²) in [7, 11) is 0. The average Bonchev–Trinajstić information content (AvgIpc) is 2.87. The summed E-state index contributed by atoms with van der Waals surface area (Å²) < 4.78 is 1.87. The molecule has 0 unspecified atom stereocenters. The Bertz CT molecular complexity index is 555. The Labute approximate surface area is 106 Å². The molecule has 3 rings (SSSR count). The number of aromatic nitrogens is 2. The van der Waals surface area contributed by atoms with Crippen LogP contribution in [0.3, 0.4) is 0 Å². The Morgan fingerprint density at radius 2 is 2.11 bits per heavy atom. The summed E-state index contributed by atoms with van der Waals surface area (Å²) in [6, 6.07) is 4.06. The maximum atomic E-state index is 12.1. The van der Waals surface area contributed by atoms with Crippen LogP contribution in [-0.2, 0) is 0 Å². The quantitative estimate of drug-likeness (QED) is 0.880. The van der Waals surface area contributed by atoms with Gasteiger partial charge in [-0.25, -0.2) is 4.98 Å². The molecular formula is C14H17N3O. The van der Waals surface area contributed by atoms with Gasteiger partial charge in [-0.3, -0.25) is 4.79 Å². The van der Waals surface area contributed by atoms with E-state index in [-0.39, 0.29) is 5.91 Å². The van der Waals surface area contributed by atoms with Gasteiger partial charge in [0.1, 0.15) is 5.65 Å². The highest BCUT2D eigenvalue weighted by Gasteiger charge is 2.16. The Balaban J connectivity index is 1.74. The predicted molar refractivity (Wildman–Crippen MR) is 69.5 cm³/mol. The molecule has 1 fully saturated rings. The van der Waals surface area contributed by atoms with E-state index >= 15 is 0 Å². The van der Waals surface area contributed by atoms with Crippen LogP contribution in [0.5, 0.6) is 0 Å². The van der Waals surface area contributed by atoms with Gasteiger partial charge in [-0.2, -0.15) is 0 Å². The molecule has 0 aromatic carbocycles. The number of fused-ring (bicyclic) bond motifs is 1. The largest absolute Gasteiger partial charge is 0.349 e. The zero-order valence-electron chi connectivity index (χ0n) is 10.3. The molecule has 4 nitrogen and oxygen atoms in total. The van der Waals surface area contributed by atoms with Crippen molar-refractivity contribution in [2.75, 3.05) is 0 Å². The Kier molecular flexibility index (Phi) is 3.00.